The Morgan fingerprint density at radius 2 is 1.62 bits per heavy atom. The van der Waals surface area contributed by atoms with Crippen LogP contribution in [-0.4, -0.2) is 41.9 Å². The van der Waals surface area contributed by atoms with E-state index in [9.17, 15) is 9.59 Å². The molecular formula is C27H32N2O3. The van der Waals surface area contributed by atoms with E-state index < -0.39 is 6.04 Å². The second-order valence-corrected chi connectivity index (χ2v) is 8.80. The molecule has 0 fully saturated rings. The molecule has 5 heteroatoms. The Labute approximate surface area is 189 Å². The first-order chi connectivity index (χ1) is 15.3. The number of fused-ring (bicyclic) bond motifs is 2. The summed E-state index contributed by atoms with van der Waals surface area (Å²) >= 11 is 0. The second-order valence-electron chi connectivity index (χ2n) is 8.80. The van der Waals surface area contributed by atoms with Gasteiger partial charge >= 0.3 is 0 Å². The summed E-state index contributed by atoms with van der Waals surface area (Å²) in [6.07, 6.45) is 0.843. The van der Waals surface area contributed by atoms with Crippen molar-refractivity contribution < 1.29 is 9.21 Å². The van der Waals surface area contributed by atoms with Crippen molar-refractivity contribution in [3.8, 4) is 0 Å². The maximum atomic E-state index is 13.7. The van der Waals surface area contributed by atoms with Crippen LogP contribution >= 0.6 is 0 Å². The third-order valence-corrected chi connectivity index (χ3v) is 6.74. The number of carbonyl (C=O) groups is 1. The first kappa shape index (κ1) is 22.3. The first-order valence-corrected chi connectivity index (χ1v) is 11.5. The molecular weight excluding hydrogens is 400 g/mol. The molecule has 5 nitrogen and oxygen atoms in total. The molecule has 1 aliphatic heterocycles. The van der Waals surface area contributed by atoms with Gasteiger partial charge in [-0.3, -0.25) is 9.59 Å². The van der Waals surface area contributed by atoms with Crippen molar-refractivity contribution in [2.24, 2.45) is 0 Å². The minimum Gasteiger partial charge on any atom is -0.450 e. The fraction of sp³-hybridized carbons (Fsp3) is 0.407. The Kier molecular flexibility index (Phi) is 6.20. The van der Waals surface area contributed by atoms with Crippen LogP contribution in [0.2, 0.25) is 0 Å². The lowest BCUT2D eigenvalue weighted by Gasteiger charge is -2.26. The van der Waals surface area contributed by atoms with Crippen molar-refractivity contribution in [2.45, 2.75) is 47.1 Å². The molecule has 2 heterocycles. The number of benzene rings is 2. The van der Waals surface area contributed by atoms with Crippen molar-refractivity contribution in [3.05, 3.63) is 80.2 Å². The Balaban J connectivity index is 1.82. The van der Waals surface area contributed by atoms with E-state index in [-0.39, 0.29) is 17.1 Å². The summed E-state index contributed by atoms with van der Waals surface area (Å²) in [5.41, 5.74) is 5.02. The monoisotopic (exact) mass is 432 g/mol. The highest BCUT2D eigenvalue weighted by Crippen LogP contribution is 2.38. The second kappa shape index (κ2) is 8.91. The van der Waals surface area contributed by atoms with Crippen LogP contribution in [0.5, 0.6) is 0 Å². The van der Waals surface area contributed by atoms with Crippen molar-refractivity contribution >= 4 is 16.9 Å². The molecule has 1 atom stereocenters. The van der Waals surface area contributed by atoms with Gasteiger partial charge in [-0.1, -0.05) is 43.7 Å². The van der Waals surface area contributed by atoms with Gasteiger partial charge in [0.05, 0.1) is 17.0 Å². The molecule has 1 aromatic heterocycles. The highest BCUT2D eigenvalue weighted by molar-refractivity contribution is 5.99. The third kappa shape index (κ3) is 3.86. The SMILES string of the molecule is CCN(CC)CCCN1C(=O)c2oc3cc(C)c(C)cc3c(=O)c2[C@@H]1c1ccc(C)cc1. The average Bonchev–Trinajstić information content (AvgIpc) is 3.05. The highest BCUT2D eigenvalue weighted by Gasteiger charge is 2.42. The van der Waals surface area contributed by atoms with Gasteiger partial charge in [-0.2, -0.15) is 0 Å². The van der Waals surface area contributed by atoms with Gasteiger partial charge in [-0.25, -0.2) is 0 Å². The smallest absolute Gasteiger partial charge is 0.290 e. The Hall–Kier alpha value is -2.92. The molecule has 0 aliphatic carbocycles. The molecule has 3 aromatic rings. The molecule has 0 saturated carbocycles. The Bertz CT molecular complexity index is 1210. The number of rotatable bonds is 7. The summed E-state index contributed by atoms with van der Waals surface area (Å²) in [5, 5.41) is 0.543. The van der Waals surface area contributed by atoms with Gasteiger partial charge < -0.3 is 14.2 Å². The average molecular weight is 433 g/mol. The van der Waals surface area contributed by atoms with Crippen LogP contribution in [0.1, 0.15) is 64.7 Å². The van der Waals surface area contributed by atoms with E-state index in [1.807, 2.05) is 62.1 Å². The summed E-state index contributed by atoms with van der Waals surface area (Å²) in [6, 6.07) is 11.4. The van der Waals surface area contributed by atoms with Gasteiger partial charge in [-0.15, -0.1) is 0 Å². The number of aryl methyl sites for hydroxylation is 3. The summed E-state index contributed by atoms with van der Waals surface area (Å²) in [5.74, 6) is 0.00140. The number of nitrogens with zero attached hydrogens (tertiary/aromatic N) is 2. The lowest BCUT2D eigenvalue weighted by molar-refractivity contribution is 0.0720. The molecule has 0 radical (unpaired) electrons. The zero-order valence-corrected chi connectivity index (χ0v) is 19.7. The summed E-state index contributed by atoms with van der Waals surface area (Å²) < 4.78 is 6.11. The number of hydrogen-bond acceptors (Lipinski definition) is 4. The summed E-state index contributed by atoms with van der Waals surface area (Å²) in [4.78, 5) is 31.3. The van der Waals surface area contributed by atoms with Gasteiger partial charge in [0.2, 0.25) is 5.76 Å². The first-order valence-electron chi connectivity index (χ1n) is 11.5. The van der Waals surface area contributed by atoms with Crippen LogP contribution < -0.4 is 5.43 Å². The van der Waals surface area contributed by atoms with Crippen LogP contribution in [0, 0.1) is 20.8 Å². The van der Waals surface area contributed by atoms with E-state index in [4.69, 9.17) is 4.42 Å². The van der Waals surface area contributed by atoms with Gasteiger partial charge in [0.25, 0.3) is 5.91 Å². The topological polar surface area (TPSA) is 53.8 Å². The number of amides is 1. The summed E-state index contributed by atoms with van der Waals surface area (Å²) in [6.45, 7) is 13.8. The number of carbonyl (C=O) groups excluding carboxylic acids is 1. The molecule has 168 valence electrons. The summed E-state index contributed by atoms with van der Waals surface area (Å²) in [7, 11) is 0. The maximum Gasteiger partial charge on any atom is 0.290 e. The van der Waals surface area contributed by atoms with E-state index in [2.05, 4.69) is 18.7 Å². The third-order valence-electron chi connectivity index (χ3n) is 6.74. The molecule has 1 aliphatic rings. The van der Waals surface area contributed by atoms with Crippen LogP contribution in [0.25, 0.3) is 11.0 Å². The molecule has 0 N–H and O–H groups in total. The van der Waals surface area contributed by atoms with E-state index >= 15 is 0 Å². The fourth-order valence-electron chi connectivity index (χ4n) is 4.61. The van der Waals surface area contributed by atoms with Crippen molar-refractivity contribution in [1.82, 2.24) is 9.80 Å². The van der Waals surface area contributed by atoms with Crippen molar-refractivity contribution in [1.29, 1.82) is 0 Å². The predicted octanol–water partition coefficient (Wildman–Crippen LogP) is 5.00. The minimum absolute atomic E-state index is 0.102. The maximum absolute atomic E-state index is 13.7. The van der Waals surface area contributed by atoms with E-state index in [1.165, 1.54) is 0 Å². The van der Waals surface area contributed by atoms with Crippen LogP contribution in [-0.2, 0) is 0 Å². The van der Waals surface area contributed by atoms with Gasteiger partial charge in [-0.05, 0) is 75.6 Å². The lowest BCUT2D eigenvalue weighted by Crippen LogP contribution is -2.33. The normalized spacial score (nSPS) is 15.8. The molecule has 4 rings (SSSR count). The molecule has 0 spiro atoms. The highest BCUT2D eigenvalue weighted by atomic mass is 16.3. The lowest BCUT2D eigenvalue weighted by atomic mass is 9.97. The quantitative estimate of drug-likeness (QED) is 0.527. The zero-order valence-electron chi connectivity index (χ0n) is 19.7. The van der Waals surface area contributed by atoms with Gasteiger partial charge in [0, 0.05) is 6.54 Å². The van der Waals surface area contributed by atoms with Crippen LogP contribution in [0.15, 0.2) is 45.6 Å². The van der Waals surface area contributed by atoms with E-state index in [1.54, 1.807) is 0 Å². The van der Waals surface area contributed by atoms with Gasteiger partial charge in [0.15, 0.2) is 5.43 Å². The van der Waals surface area contributed by atoms with Gasteiger partial charge in [0.1, 0.15) is 5.58 Å². The fourth-order valence-corrected chi connectivity index (χ4v) is 4.61. The standard InChI is InChI=1S/C27H32N2O3/c1-6-28(7-2)13-8-14-29-24(20-11-9-17(3)10-12-20)23-25(30)21-15-18(4)19(5)16-22(21)32-26(23)27(29)31/h9-12,15-16,24H,6-8,13-14H2,1-5H3/t24-/m0/s1. The zero-order chi connectivity index (χ0) is 23.0. The largest absolute Gasteiger partial charge is 0.450 e. The predicted molar refractivity (Wildman–Crippen MR) is 128 cm³/mol. The minimum atomic E-state index is -0.419. The molecule has 0 unspecified atom stereocenters. The van der Waals surface area contributed by atoms with Crippen molar-refractivity contribution in [2.75, 3.05) is 26.2 Å². The Morgan fingerprint density at radius 3 is 2.28 bits per heavy atom. The van der Waals surface area contributed by atoms with Crippen LogP contribution in [0.3, 0.4) is 0 Å². The van der Waals surface area contributed by atoms with Crippen molar-refractivity contribution in [3.63, 3.8) is 0 Å². The molecule has 0 saturated heterocycles. The van der Waals surface area contributed by atoms with E-state index in [0.29, 0.717) is 23.1 Å². The molecule has 0 bridgehead atoms. The van der Waals surface area contributed by atoms with Crippen LogP contribution in [0.4, 0.5) is 0 Å². The Morgan fingerprint density at radius 1 is 0.969 bits per heavy atom. The molecule has 1 amide bonds. The molecule has 32 heavy (non-hydrogen) atoms. The molecule has 2 aromatic carbocycles. The van der Waals surface area contributed by atoms with E-state index in [0.717, 1.165) is 48.3 Å². The number of hydrogen-bond donors (Lipinski definition) is 0.